The summed E-state index contributed by atoms with van der Waals surface area (Å²) in [4.78, 5) is 21.5. The molecule has 27 heavy (non-hydrogen) atoms. The van der Waals surface area contributed by atoms with Crippen molar-refractivity contribution < 1.29 is 9.21 Å². The summed E-state index contributed by atoms with van der Waals surface area (Å²) in [6.45, 7) is 6.27. The van der Waals surface area contributed by atoms with Crippen molar-refractivity contribution in [1.82, 2.24) is 4.98 Å². The second-order valence-electron chi connectivity index (χ2n) is 6.00. The Kier molecular flexibility index (Phi) is 6.14. The topological polar surface area (TPSA) is 49.6 Å². The maximum absolute atomic E-state index is 13.0. The maximum Gasteiger partial charge on any atom is 0.294 e. The van der Waals surface area contributed by atoms with Crippen molar-refractivity contribution in [3.63, 3.8) is 0 Å². The Hall–Kier alpha value is -2.79. The molecule has 0 spiro atoms. The molecule has 2 heterocycles. The maximum atomic E-state index is 13.0. The van der Waals surface area contributed by atoms with Crippen LogP contribution in [0.25, 0.3) is 0 Å². The van der Waals surface area contributed by atoms with Crippen LogP contribution in [0, 0.1) is 0 Å². The molecule has 3 aromatic rings. The molecule has 0 saturated heterocycles. The van der Waals surface area contributed by atoms with E-state index >= 15 is 0 Å². The number of hydrogen-bond donors (Lipinski definition) is 0. The van der Waals surface area contributed by atoms with Crippen molar-refractivity contribution in [2.45, 2.75) is 20.4 Å². The molecule has 5 nitrogen and oxygen atoms in total. The number of pyridine rings is 1. The van der Waals surface area contributed by atoms with Gasteiger partial charge in [-0.15, -0.1) is 0 Å². The average Bonchev–Trinajstić information content (AvgIpc) is 3.23. The summed E-state index contributed by atoms with van der Waals surface area (Å²) in [6.07, 6.45) is 1.49. The van der Waals surface area contributed by atoms with Crippen molar-refractivity contribution in [2.24, 2.45) is 0 Å². The molecule has 140 valence electrons. The van der Waals surface area contributed by atoms with Crippen LogP contribution in [0.5, 0.6) is 0 Å². The molecule has 2 aromatic heterocycles. The molecule has 0 aliphatic rings. The molecule has 1 aromatic carbocycles. The monoisotopic (exact) mass is 383 g/mol. The molecule has 0 unspecified atom stereocenters. The Bertz CT molecular complexity index is 875. The highest BCUT2D eigenvalue weighted by atomic mass is 35.5. The standard InChI is InChI=1S/C21H22ClN3O2/c1-3-24(4-2)20-9-5-7-17(23-20)15-25(18-12-10-16(22)11-13-18)21(26)19-8-6-14-27-19/h5-14H,3-4,15H2,1-2H3. The predicted molar refractivity (Wildman–Crippen MR) is 108 cm³/mol. The number of anilines is 2. The lowest BCUT2D eigenvalue weighted by Gasteiger charge is -2.24. The molecule has 0 aliphatic heterocycles. The third kappa shape index (κ3) is 4.49. The van der Waals surface area contributed by atoms with Gasteiger partial charge in [-0.1, -0.05) is 17.7 Å². The van der Waals surface area contributed by atoms with Crippen molar-refractivity contribution >= 4 is 29.0 Å². The van der Waals surface area contributed by atoms with E-state index in [4.69, 9.17) is 21.0 Å². The number of hydrogen-bond acceptors (Lipinski definition) is 4. The van der Waals surface area contributed by atoms with E-state index in [1.54, 1.807) is 29.2 Å². The molecule has 3 rings (SSSR count). The number of furan rings is 1. The Morgan fingerprint density at radius 1 is 1.04 bits per heavy atom. The van der Waals surface area contributed by atoms with Gasteiger partial charge in [0.1, 0.15) is 5.82 Å². The molecule has 1 amide bonds. The van der Waals surface area contributed by atoms with Gasteiger partial charge in [0.15, 0.2) is 5.76 Å². The lowest BCUT2D eigenvalue weighted by Crippen LogP contribution is -2.31. The van der Waals surface area contributed by atoms with Crippen LogP contribution in [0.3, 0.4) is 0 Å². The summed E-state index contributed by atoms with van der Waals surface area (Å²) in [5.41, 5.74) is 1.53. The minimum Gasteiger partial charge on any atom is -0.459 e. The summed E-state index contributed by atoms with van der Waals surface area (Å²) in [5, 5.41) is 0.616. The number of nitrogens with zero attached hydrogens (tertiary/aromatic N) is 3. The predicted octanol–water partition coefficient (Wildman–Crippen LogP) is 5.02. The van der Waals surface area contributed by atoms with E-state index < -0.39 is 0 Å². The quantitative estimate of drug-likeness (QED) is 0.574. The molecule has 0 atom stereocenters. The van der Waals surface area contributed by atoms with Gasteiger partial charge in [-0.25, -0.2) is 4.98 Å². The van der Waals surface area contributed by atoms with Crippen LogP contribution in [0.2, 0.25) is 5.02 Å². The molecule has 0 radical (unpaired) electrons. The molecule has 0 N–H and O–H groups in total. The van der Waals surface area contributed by atoms with Crippen molar-refractivity contribution in [1.29, 1.82) is 0 Å². The van der Waals surface area contributed by atoms with Gasteiger partial charge in [0.05, 0.1) is 18.5 Å². The fraction of sp³-hybridized carbons (Fsp3) is 0.238. The summed E-state index contributed by atoms with van der Waals surface area (Å²) in [5.74, 6) is 0.959. The summed E-state index contributed by atoms with van der Waals surface area (Å²) in [7, 11) is 0. The van der Waals surface area contributed by atoms with E-state index in [2.05, 4.69) is 18.7 Å². The lowest BCUT2D eigenvalue weighted by molar-refractivity contribution is 0.0958. The van der Waals surface area contributed by atoms with Gasteiger partial charge in [-0.2, -0.15) is 0 Å². The minimum absolute atomic E-state index is 0.225. The fourth-order valence-electron chi connectivity index (χ4n) is 2.88. The van der Waals surface area contributed by atoms with Gasteiger partial charge in [0.25, 0.3) is 5.91 Å². The van der Waals surface area contributed by atoms with Gasteiger partial charge in [0.2, 0.25) is 0 Å². The van der Waals surface area contributed by atoms with Crippen LogP contribution in [-0.4, -0.2) is 24.0 Å². The van der Waals surface area contributed by atoms with Crippen LogP contribution in [-0.2, 0) is 6.54 Å². The summed E-state index contributed by atoms with van der Waals surface area (Å²) >= 11 is 6.00. The van der Waals surface area contributed by atoms with E-state index in [1.807, 2.05) is 30.3 Å². The normalized spacial score (nSPS) is 10.6. The number of halogens is 1. The van der Waals surface area contributed by atoms with Gasteiger partial charge in [-0.3, -0.25) is 9.69 Å². The Morgan fingerprint density at radius 3 is 2.41 bits per heavy atom. The van der Waals surface area contributed by atoms with E-state index in [0.717, 1.165) is 30.3 Å². The van der Waals surface area contributed by atoms with E-state index in [0.29, 0.717) is 11.6 Å². The zero-order valence-corrected chi connectivity index (χ0v) is 16.2. The van der Waals surface area contributed by atoms with Crippen molar-refractivity contribution in [3.05, 3.63) is 77.3 Å². The Labute approximate surface area is 164 Å². The SMILES string of the molecule is CCN(CC)c1cccc(CN(C(=O)c2ccco2)c2ccc(Cl)cc2)n1. The first-order chi connectivity index (χ1) is 13.1. The minimum atomic E-state index is -0.225. The van der Waals surface area contributed by atoms with Crippen molar-refractivity contribution in [3.8, 4) is 0 Å². The molecular weight excluding hydrogens is 362 g/mol. The molecule has 0 fully saturated rings. The van der Waals surface area contributed by atoms with Crippen LogP contribution in [0.15, 0.2) is 65.3 Å². The highest BCUT2D eigenvalue weighted by molar-refractivity contribution is 6.30. The lowest BCUT2D eigenvalue weighted by atomic mass is 10.2. The first kappa shape index (κ1) is 19.0. The smallest absolute Gasteiger partial charge is 0.294 e. The molecular formula is C21H22ClN3O2. The zero-order valence-electron chi connectivity index (χ0n) is 15.4. The third-order valence-electron chi connectivity index (χ3n) is 4.32. The molecule has 0 bridgehead atoms. The number of carbonyl (C=O) groups excluding carboxylic acids is 1. The zero-order chi connectivity index (χ0) is 19.2. The first-order valence-corrected chi connectivity index (χ1v) is 9.32. The molecule has 6 heteroatoms. The third-order valence-corrected chi connectivity index (χ3v) is 4.57. The molecule has 0 aliphatic carbocycles. The second-order valence-corrected chi connectivity index (χ2v) is 6.44. The Balaban J connectivity index is 1.93. The number of aromatic nitrogens is 1. The Morgan fingerprint density at radius 2 is 1.78 bits per heavy atom. The number of benzene rings is 1. The van der Waals surface area contributed by atoms with Gasteiger partial charge < -0.3 is 9.32 Å². The van der Waals surface area contributed by atoms with Gasteiger partial charge >= 0.3 is 0 Å². The van der Waals surface area contributed by atoms with Crippen LogP contribution in [0.4, 0.5) is 11.5 Å². The average molecular weight is 384 g/mol. The van der Waals surface area contributed by atoms with Crippen LogP contribution >= 0.6 is 11.6 Å². The fourth-order valence-corrected chi connectivity index (χ4v) is 3.00. The first-order valence-electron chi connectivity index (χ1n) is 8.94. The van der Waals surface area contributed by atoms with Gasteiger partial charge in [-0.05, 0) is 62.4 Å². The number of amides is 1. The number of carbonyl (C=O) groups is 1. The summed E-state index contributed by atoms with van der Waals surface area (Å²) < 4.78 is 5.31. The van der Waals surface area contributed by atoms with Crippen molar-refractivity contribution in [2.75, 3.05) is 22.9 Å². The highest BCUT2D eigenvalue weighted by Crippen LogP contribution is 2.23. The summed E-state index contributed by atoms with van der Waals surface area (Å²) in [6, 6.07) is 16.4. The second kappa shape index (κ2) is 8.73. The molecule has 0 saturated carbocycles. The van der Waals surface area contributed by atoms with E-state index in [-0.39, 0.29) is 11.7 Å². The largest absolute Gasteiger partial charge is 0.459 e. The number of rotatable bonds is 7. The van der Waals surface area contributed by atoms with Crippen LogP contribution < -0.4 is 9.80 Å². The van der Waals surface area contributed by atoms with Crippen LogP contribution in [0.1, 0.15) is 30.1 Å². The van der Waals surface area contributed by atoms with Gasteiger partial charge in [0, 0.05) is 23.8 Å². The van der Waals surface area contributed by atoms with E-state index in [9.17, 15) is 4.79 Å². The van der Waals surface area contributed by atoms with E-state index in [1.165, 1.54) is 6.26 Å². The highest BCUT2D eigenvalue weighted by Gasteiger charge is 2.21.